The summed E-state index contributed by atoms with van der Waals surface area (Å²) in [6.07, 6.45) is 36.4. The van der Waals surface area contributed by atoms with Gasteiger partial charge in [0.2, 0.25) is 0 Å². The first-order chi connectivity index (χ1) is 40.6. The van der Waals surface area contributed by atoms with Crippen molar-refractivity contribution in [3.05, 3.63) is 0 Å². The fraction of sp³-hybridized carbons (Fsp3) is 0.939. The van der Waals surface area contributed by atoms with E-state index in [0.717, 1.165) is 120 Å². The molecule has 0 fully saturated rings. The second-order valence-corrected chi connectivity index (χ2v) is 28.4. The molecule has 0 aromatic heterocycles. The van der Waals surface area contributed by atoms with Crippen molar-refractivity contribution in [2.24, 2.45) is 23.7 Å². The summed E-state index contributed by atoms with van der Waals surface area (Å²) in [6.45, 7) is 14.0. The molecule has 0 aliphatic rings. The normalized spacial score (nSPS) is 14.7. The SMILES string of the molecule is CCC(C)CCCCCCCCC(=O)OC[C@H](COP(=O)(O)OC[C@H](O)COP(=O)(O)OC[C@@H](COC(=O)CCCCCCCCC(C)C)OC(=O)CCCCCCCCCCCCCCC(C)C)OC(=O)CCCCCCCCCCC(C)C. The Labute approximate surface area is 517 Å². The van der Waals surface area contributed by atoms with Crippen LogP contribution in [0.3, 0.4) is 0 Å². The van der Waals surface area contributed by atoms with Gasteiger partial charge in [-0.1, -0.05) is 267 Å². The Morgan fingerprint density at radius 1 is 0.329 bits per heavy atom. The smallest absolute Gasteiger partial charge is 0.462 e. The van der Waals surface area contributed by atoms with Crippen LogP contribution in [-0.4, -0.2) is 96.7 Å². The van der Waals surface area contributed by atoms with Gasteiger partial charge in [-0.05, 0) is 49.4 Å². The van der Waals surface area contributed by atoms with Crippen molar-refractivity contribution in [1.82, 2.24) is 0 Å². The lowest BCUT2D eigenvalue weighted by Gasteiger charge is -2.21. The van der Waals surface area contributed by atoms with Crippen LogP contribution in [-0.2, 0) is 65.4 Å². The molecule has 0 spiro atoms. The van der Waals surface area contributed by atoms with Crippen LogP contribution in [0.2, 0.25) is 0 Å². The van der Waals surface area contributed by atoms with E-state index in [2.05, 4.69) is 55.4 Å². The van der Waals surface area contributed by atoms with Gasteiger partial charge in [0.1, 0.15) is 19.3 Å². The van der Waals surface area contributed by atoms with Gasteiger partial charge >= 0.3 is 39.5 Å². The summed E-state index contributed by atoms with van der Waals surface area (Å²) in [7, 11) is -9.89. The van der Waals surface area contributed by atoms with Crippen LogP contribution in [0.4, 0.5) is 0 Å². The largest absolute Gasteiger partial charge is 0.472 e. The van der Waals surface area contributed by atoms with Crippen molar-refractivity contribution >= 4 is 39.5 Å². The molecule has 0 saturated carbocycles. The third-order valence-corrected chi connectivity index (χ3v) is 17.3. The third kappa shape index (κ3) is 59.5. The maximum atomic E-state index is 13.0. The number of unbranched alkanes of at least 4 members (excludes halogenated alkanes) is 28. The van der Waals surface area contributed by atoms with Crippen molar-refractivity contribution in [3.8, 4) is 0 Å². The first-order valence-electron chi connectivity index (χ1n) is 34.2. The number of rotatable bonds is 63. The van der Waals surface area contributed by atoms with Gasteiger partial charge in [0, 0.05) is 25.7 Å². The molecule has 0 radical (unpaired) electrons. The zero-order valence-electron chi connectivity index (χ0n) is 55.2. The molecule has 0 aliphatic carbocycles. The number of carbonyl (C=O) groups excluding carboxylic acids is 4. The van der Waals surface area contributed by atoms with Crippen molar-refractivity contribution in [3.63, 3.8) is 0 Å². The van der Waals surface area contributed by atoms with Gasteiger partial charge in [-0.3, -0.25) is 37.3 Å². The maximum Gasteiger partial charge on any atom is 0.472 e. The molecule has 3 N–H and O–H groups in total. The first-order valence-corrected chi connectivity index (χ1v) is 37.2. The third-order valence-electron chi connectivity index (χ3n) is 15.4. The molecule has 19 heteroatoms. The molecule has 6 atom stereocenters. The van der Waals surface area contributed by atoms with E-state index in [1.54, 1.807) is 0 Å². The molecule has 85 heavy (non-hydrogen) atoms. The molecule has 0 amide bonds. The van der Waals surface area contributed by atoms with Crippen LogP contribution in [0, 0.1) is 23.7 Å². The molecule has 0 aromatic carbocycles. The standard InChI is InChI=1S/C66H128O17P2/c1-9-59(8)45-37-29-23-25-31-39-47-64(69)77-53-62(83-66(71)49-41-33-21-17-16-19-27-35-43-57(4)5)55-81-85(74,75)79-51-60(67)50-78-84(72,73)80-54-61(52-76-63(68)46-38-30-24-22-28-36-44-58(6)7)82-65(70)48-40-32-20-15-13-11-10-12-14-18-26-34-42-56(2)3/h56-62,67H,9-55H2,1-8H3,(H,72,73)(H,74,75)/t59?,60-,61-,62-/m1/s1. The first kappa shape index (κ1) is 83.1. The fourth-order valence-corrected chi connectivity index (χ4v) is 11.3. The summed E-state index contributed by atoms with van der Waals surface area (Å²) in [5.41, 5.74) is 0. The van der Waals surface area contributed by atoms with Crippen molar-refractivity contribution in [2.45, 2.75) is 337 Å². The summed E-state index contributed by atoms with van der Waals surface area (Å²) < 4.78 is 68.1. The second-order valence-electron chi connectivity index (χ2n) is 25.5. The molecule has 504 valence electrons. The topological polar surface area (TPSA) is 237 Å². The Hall–Kier alpha value is -1.94. The minimum atomic E-state index is -4.95. The molecule has 0 rings (SSSR count). The van der Waals surface area contributed by atoms with Gasteiger partial charge in [-0.2, -0.15) is 0 Å². The fourth-order valence-electron chi connectivity index (χ4n) is 9.75. The predicted molar refractivity (Wildman–Crippen MR) is 340 cm³/mol. The molecule has 0 bridgehead atoms. The van der Waals surface area contributed by atoms with Gasteiger partial charge in [0.25, 0.3) is 0 Å². The lowest BCUT2D eigenvalue weighted by Crippen LogP contribution is -2.30. The minimum absolute atomic E-state index is 0.103. The Bertz CT molecular complexity index is 1700. The Morgan fingerprint density at radius 3 is 0.835 bits per heavy atom. The number of carbonyl (C=O) groups is 4. The van der Waals surface area contributed by atoms with E-state index in [1.165, 1.54) is 109 Å². The van der Waals surface area contributed by atoms with Crippen molar-refractivity contribution in [1.29, 1.82) is 0 Å². The molecule has 17 nitrogen and oxygen atoms in total. The van der Waals surface area contributed by atoms with E-state index in [0.29, 0.717) is 31.6 Å². The van der Waals surface area contributed by atoms with Crippen LogP contribution in [0.1, 0.15) is 319 Å². The number of phosphoric ester groups is 2. The van der Waals surface area contributed by atoms with E-state index >= 15 is 0 Å². The summed E-state index contributed by atoms with van der Waals surface area (Å²) in [6, 6.07) is 0. The second kappa shape index (κ2) is 56.1. The predicted octanol–water partition coefficient (Wildman–Crippen LogP) is 18.1. The highest BCUT2D eigenvalue weighted by Gasteiger charge is 2.30. The van der Waals surface area contributed by atoms with Crippen LogP contribution in [0.15, 0.2) is 0 Å². The van der Waals surface area contributed by atoms with Crippen LogP contribution in [0.5, 0.6) is 0 Å². The quantitative estimate of drug-likeness (QED) is 0.0222. The summed E-state index contributed by atoms with van der Waals surface area (Å²) in [4.78, 5) is 72.3. The number of hydrogen-bond donors (Lipinski definition) is 3. The molecule has 0 heterocycles. The summed E-state index contributed by atoms with van der Waals surface area (Å²) in [5, 5.41) is 10.5. The minimum Gasteiger partial charge on any atom is -0.462 e. The molecule has 0 aliphatic heterocycles. The number of esters is 4. The lowest BCUT2D eigenvalue weighted by molar-refractivity contribution is -0.161. The molecule has 3 unspecified atom stereocenters. The van der Waals surface area contributed by atoms with Crippen molar-refractivity contribution in [2.75, 3.05) is 39.6 Å². The van der Waals surface area contributed by atoms with E-state index in [9.17, 15) is 43.2 Å². The molecular formula is C66H128O17P2. The van der Waals surface area contributed by atoms with Crippen LogP contribution >= 0.6 is 15.6 Å². The Kier molecular flexibility index (Phi) is 54.8. The Balaban J connectivity index is 5.24. The molecule has 0 saturated heterocycles. The average molecular weight is 1260 g/mol. The highest BCUT2D eigenvalue weighted by molar-refractivity contribution is 7.47. The van der Waals surface area contributed by atoms with Gasteiger partial charge < -0.3 is 33.8 Å². The number of ether oxygens (including phenoxy) is 4. The molecular weight excluding hydrogens is 1130 g/mol. The van der Waals surface area contributed by atoms with Crippen LogP contribution in [0.25, 0.3) is 0 Å². The number of hydrogen-bond acceptors (Lipinski definition) is 15. The number of aliphatic hydroxyl groups is 1. The van der Waals surface area contributed by atoms with Gasteiger partial charge in [0.15, 0.2) is 12.2 Å². The summed E-state index contributed by atoms with van der Waals surface area (Å²) in [5.74, 6) is 0.766. The zero-order chi connectivity index (χ0) is 63.2. The van der Waals surface area contributed by atoms with E-state index in [4.69, 9.17) is 37.0 Å². The summed E-state index contributed by atoms with van der Waals surface area (Å²) >= 11 is 0. The van der Waals surface area contributed by atoms with E-state index < -0.39 is 97.5 Å². The maximum absolute atomic E-state index is 13.0. The van der Waals surface area contributed by atoms with Crippen LogP contribution < -0.4 is 0 Å². The highest BCUT2D eigenvalue weighted by Crippen LogP contribution is 2.45. The Morgan fingerprint density at radius 2 is 0.565 bits per heavy atom. The average Bonchev–Trinajstić information content (AvgIpc) is 3.54. The number of phosphoric acid groups is 2. The lowest BCUT2D eigenvalue weighted by atomic mass is 10.00. The van der Waals surface area contributed by atoms with Gasteiger partial charge in [-0.25, -0.2) is 9.13 Å². The van der Waals surface area contributed by atoms with E-state index in [-0.39, 0.29) is 25.7 Å². The monoisotopic (exact) mass is 1250 g/mol. The van der Waals surface area contributed by atoms with E-state index in [1.807, 2.05) is 0 Å². The van der Waals surface area contributed by atoms with Gasteiger partial charge in [-0.15, -0.1) is 0 Å². The zero-order valence-corrected chi connectivity index (χ0v) is 57.0. The van der Waals surface area contributed by atoms with Gasteiger partial charge in [0.05, 0.1) is 26.4 Å². The van der Waals surface area contributed by atoms with Crippen molar-refractivity contribution < 1.29 is 80.2 Å². The highest BCUT2D eigenvalue weighted by atomic mass is 31.2. The number of aliphatic hydroxyl groups excluding tert-OH is 1. The molecule has 0 aromatic rings.